The molecule has 5 aliphatic carbocycles. The second kappa shape index (κ2) is 10.8. The SMILES string of the molecule is C1=CCCC(c2cc(C3=C4CCC=CC4C(C4=CCC5C=CC=CC5=C4)c4ccccc43)cc(-c3ccccc3)c2)=C1. The molecule has 0 aromatic heterocycles. The molecule has 3 unspecified atom stereocenters. The summed E-state index contributed by atoms with van der Waals surface area (Å²) in [5.74, 6) is 1.26. The summed E-state index contributed by atoms with van der Waals surface area (Å²) in [4.78, 5) is 0. The second-order valence-corrected chi connectivity index (χ2v) is 12.2. The van der Waals surface area contributed by atoms with Crippen molar-refractivity contribution in [1.82, 2.24) is 0 Å². The minimum absolute atomic E-state index is 0.354. The predicted octanol–water partition coefficient (Wildman–Crippen LogP) is 11.0. The van der Waals surface area contributed by atoms with Crippen LogP contribution in [0, 0.1) is 11.8 Å². The summed E-state index contributed by atoms with van der Waals surface area (Å²) in [7, 11) is 0. The summed E-state index contributed by atoms with van der Waals surface area (Å²) in [6, 6.07) is 27.5. The molecule has 0 heterocycles. The van der Waals surface area contributed by atoms with E-state index in [0.29, 0.717) is 17.8 Å². The van der Waals surface area contributed by atoms with Crippen molar-refractivity contribution in [2.45, 2.75) is 38.0 Å². The van der Waals surface area contributed by atoms with Gasteiger partial charge in [0.05, 0.1) is 0 Å². The van der Waals surface area contributed by atoms with Crippen LogP contribution in [0.1, 0.15) is 60.3 Å². The van der Waals surface area contributed by atoms with Crippen molar-refractivity contribution in [2.24, 2.45) is 11.8 Å². The Morgan fingerprint density at radius 1 is 0.643 bits per heavy atom. The molecule has 0 saturated carbocycles. The van der Waals surface area contributed by atoms with Crippen LogP contribution in [-0.2, 0) is 0 Å². The highest BCUT2D eigenvalue weighted by Crippen LogP contribution is 2.53. The fraction of sp³-hybridized carbons (Fsp3) is 0.190. The largest absolute Gasteiger partial charge is 0.0876 e. The Morgan fingerprint density at radius 3 is 2.38 bits per heavy atom. The Morgan fingerprint density at radius 2 is 1.48 bits per heavy atom. The van der Waals surface area contributed by atoms with Crippen molar-refractivity contribution < 1.29 is 0 Å². The standard InChI is InChI=1S/C42H36/c1-3-13-29(14-4-1)34-26-35(30-15-5-2-6-16-30)28-36(27-34)42-39-21-11-9-19-37(39)41(38-20-10-12-22-40(38)42)33-24-23-31-17-7-8-18-32(31)25-33/h1-5,7-11,13-15,17-21,24-28,31,38,41H,6,12,16,22-23H2. The molecule has 0 amide bonds. The normalized spacial score (nSPS) is 23.9. The molecule has 5 aliphatic rings. The van der Waals surface area contributed by atoms with E-state index < -0.39 is 0 Å². The van der Waals surface area contributed by atoms with E-state index in [1.807, 2.05) is 0 Å². The highest BCUT2D eigenvalue weighted by molar-refractivity contribution is 5.90. The van der Waals surface area contributed by atoms with Gasteiger partial charge in [-0.1, -0.05) is 127 Å². The summed E-state index contributed by atoms with van der Waals surface area (Å²) in [5, 5.41) is 0. The Labute approximate surface area is 250 Å². The first-order chi connectivity index (χ1) is 20.8. The molecule has 0 N–H and O–H groups in total. The zero-order chi connectivity index (χ0) is 27.9. The zero-order valence-corrected chi connectivity index (χ0v) is 24.0. The maximum Gasteiger partial charge on any atom is 0.0193 e. The molecule has 0 saturated heterocycles. The lowest BCUT2D eigenvalue weighted by Crippen LogP contribution is -2.25. The Kier molecular flexibility index (Phi) is 6.49. The summed E-state index contributed by atoms with van der Waals surface area (Å²) < 4.78 is 0. The highest BCUT2D eigenvalue weighted by atomic mass is 14.4. The van der Waals surface area contributed by atoms with Gasteiger partial charge in [0.15, 0.2) is 0 Å². The van der Waals surface area contributed by atoms with E-state index in [2.05, 4.69) is 140 Å². The minimum atomic E-state index is 0.354. The maximum absolute atomic E-state index is 2.53. The lowest BCUT2D eigenvalue weighted by Gasteiger charge is -2.40. The van der Waals surface area contributed by atoms with Crippen molar-refractivity contribution in [3.63, 3.8) is 0 Å². The van der Waals surface area contributed by atoms with Crippen LogP contribution >= 0.6 is 0 Å². The topological polar surface area (TPSA) is 0 Å². The van der Waals surface area contributed by atoms with E-state index in [0.717, 1.165) is 32.1 Å². The Bertz CT molecular complexity index is 1790. The van der Waals surface area contributed by atoms with Gasteiger partial charge in [0, 0.05) is 17.8 Å². The summed E-state index contributed by atoms with van der Waals surface area (Å²) in [6.07, 6.45) is 31.4. The number of hydrogen-bond acceptors (Lipinski definition) is 0. The summed E-state index contributed by atoms with van der Waals surface area (Å²) in [5.41, 5.74) is 15.6. The molecule has 3 aromatic carbocycles. The zero-order valence-electron chi connectivity index (χ0n) is 24.0. The highest BCUT2D eigenvalue weighted by Gasteiger charge is 2.37. The first-order valence-corrected chi connectivity index (χ1v) is 15.7. The van der Waals surface area contributed by atoms with Crippen LogP contribution in [0.15, 0.2) is 156 Å². The van der Waals surface area contributed by atoms with Gasteiger partial charge < -0.3 is 0 Å². The molecule has 0 heteroatoms. The summed E-state index contributed by atoms with van der Waals surface area (Å²) >= 11 is 0. The predicted molar refractivity (Wildman–Crippen MR) is 178 cm³/mol. The fourth-order valence-corrected chi connectivity index (χ4v) is 7.76. The molecule has 0 spiro atoms. The third kappa shape index (κ3) is 4.47. The van der Waals surface area contributed by atoms with E-state index >= 15 is 0 Å². The molecule has 3 aromatic rings. The number of allylic oxidation sites excluding steroid dienone is 15. The summed E-state index contributed by atoms with van der Waals surface area (Å²) in [6.45, 7) is 0. The van der Waals surface area contributed by atoms with Crippen molar-refractivity contribution in [3.05, 3.63) is 179 Å². The van der Waals surface area contributed by atoms with Crippen LogP contribution in [-0.4, -0.2) is 0 Å². The van der Waals surface area contributed by atoms with E-state index in [-0.39, 0.29) is 0 Å². The third-order valence-corrected chi connectivity index (χ3v) is 9.76. The van der Waals surface area contributed by atoms with Gasteiger partial charge in [0.25, 0.3) is 0 Å². The molecule has 0 aliphatic heterocycles. The molecule has 0 nitrogen and oxygen atoms in total. The molecule has 204 valence electrons. The quantitative estimate of drug-likeness (QED) is 0.289. The third-order valence-electron chi connectivity index (χ3n) is 9.76. The molecular formula is C42H36. The monoisotopic (exact) mass is 540 g/mol. The van der Waals surface area contributed by atoms with E-state index in [1.165, 1.54) is 55.7 Å². The Balaban J connectivity index is 1.32. The van der Waals surface area contributed by atoms with Gasteiger partial charge in [-0.25, -0.2) is 0 Å². The molecule has 42 heavy (non-hydrogen) atoms. The maximum atomic E-state index is 2.53. The number of rotatable bonds is 4. The van der Waals surface area contributed by atoms with Gasteiger partial charge >= 0.3 is 0 Å². The lowest BCUT2D eigenvalue weighted by atomic mass is 9.64. The lowest BCUT2D eigenvalue weighted by molar-refractivity contribution is 0.587. The van der Waals surface area contributed by atoms with E-state index in [4.69, 9.17) is 0 Å². The van der Waals surface area contributed by atoms with Crippen LogP contribution in [0.5, 0.6) is 0 Å². The van der Waals surface area contributed by atoms with Crippen molar-refractivity contribution >= 4 is 11.1 Å². The molecular weight excluding hydrogens is 504 g/mol. The van der Waals surface area contributed by atoms with Crippen molar-refractivity contribution in [3.8, 4) is 11.1 Å². The van der Waals surface area contributed by atoms with Gasteiger partial charge in [-0.05, 0) is 106 Å². The van der Waals surface area contributed by atoms with Gasteiger partial charge in [-0.15, -0.1) is 0 Å². The molecule has 8 rings (SSSR count). The van der Waals surface area contributed by atoms with E-state index in [1.54, 1.807) is 5.57 Å². The first-order valence-electron chi connectivity index (χ1n) is 15.7. The van der Waals surface area contributed by atoms with Gasteiger partial charge in [-0.3, -0.25) is 0 Å². The van der Waals surface area contributed by atoms with Crippen LogP contribution in [0.3, 0.4) is 0 Å². The first kappa shape index (κ1) is 25.3. The molecule has 0 bridgehead atoms. The van der Waals surface area contributed by atoms with Gasteiger partial charge in [0.1, 0.15) is 0 Å². The average molecular weight is 541 g/mol. The average Bonchev–Trinajstić information content (AvgIpc) is 3.07. The fourth-order valence-electron chi connectivity index (χ4n) is 7.76. The van der Waals surface area contributed by atoms with Crippen LogP contribution in [0.25, 0.3) is 22.3 Å². The number of hydrogen-bond donors (Lipinski definition) is 0. The smallest absolute Gasteiger partial charge is 0.0193 e. The molecule has 0 fully saturated rings. The molecule has 0 radical (unpaired) electrons. The molecule has 3 atom stereocenters. The van der Waals surface area contributed by atoms with Crippen molar-refractivity contribution in [1.29, 1.82) is 0 Å². The second-order valence-electron chi connectivity index (χ2n) is 12.2. The van der Waals surface area contributed by atoms with E-state index in [9.17, 15) is 0 Å². The van der Waals surface area contributed by atoms with Crippen molar-refractivity contribution in [2.75, 3.05) is 0 Å². The minimum Gasteiger partial charge on any atom is -0.0876 e. The van der Waals surface area contributed by atoms with Crippen LogP contribution in [0.4, 0.5) is 0 Å². The van der Waals surface area contributed by atoms with Crippen LogP contribution < -0.4 is 0 Å². The number of fused-ring (bicyclic) bond motifs is 3. The van der Waals surface area contributed by atoms with Gasteiger partial charge in [-0.2, -0.15) is 0 Å². The van der Waals surface area contributed by atoms with Crippen LogP contribution in [0.2, 0.25) is 0 Å². The number of benzene rings is 3. The Hall–Kier alpha value is -4.42. The van der Waals surface area contributed by atoms with Gasteiger partial charge in [0.2, 0.25) is 0 Å².